The summed E-state index contributed by atoms with van der Waals surface area (Å²) in [7, 11) is 0. The minimum absolute atomic E-state index is 0.427. The van der Waals surface area contributed by atoms with E-state index in [0.717, 1.165) is 0 Å². The molecule has 0 atom stereocenters. The highest BCUT2D eigenvalue weighted by atomic mass is 16.2. The van der Waals surface area contributed by atoms with Gasteiger partial charge in [-0.2, -0.15) is 0 Å². The van der Waals surface area contributed by atoms with E-state index in [1.165, 1.54) is 12.8 Å². The van der Waals surface area contributed by atoms with Gasteiger partial charge in [0.25, 0.3) is 0 Å². The summed E-state index contributed by atoms with van der Waals surface area (Å²) in [6.45, 7) is 4.36. The molecule has 0 amide bonds. The van der Waals surface area contributed by atoms with Crippen molar-refractivity contribution in [1.29, 1.82) is 0 Å². The number of unbranched alkanes of at least 4 members (excludes halogenated alkanes) is 1. The van der Waals surface area contributed by atoms with Gasteiger partial charge in [-0.25, -0.2) is 0 Å². The van der Waals surface area contributed by atoms with Crippen LogP contribution in [0.1, 0.15) is 47.4 Å². The minimum atomic E-state index is -0.466. The van der Waals surface area contributed by atoms with Crippen molar-refractivity contribution >= 4 is 11.6 Å². The molecule has 2 rings (SSSR count). The van der Waals surface area contributed by atoms with Crippen LogP contribution in [-0.4, -0.2) is 11.6 Å². The van der Waals surface area contributed by atoms with Crippen molar-refractivity contribution < 1.29 is 9.59 Å². The SMILES string of the molecule is CCCC.O=C(C(=O)c1ccccc1)c1ccccc1. The molecule has 0 saturated heterocycles. The Morgan fingerprint density at radius 3 is 1.20 bits per heavy atom. The summed E-state index contributed by atoms with van der Waals surface area (Å²) in [6.07, 6.45) is 2.64. The van der Waals surface area contributed by atoms with E-state index in [1.54, 1.807) is 48.5 Å². The average Bonchev–Trinajstić information content (AvgIpc) is 2.55. The van der Waals surface area contributed by atoms with Gasteiger partial charge < -0.3 is 0 Å². The van der Waals surface area contributed by atoms with Crippen LogP contribution in [-0.2, 0) is 0 Å². The standard InChI is InChI=1S/C14H10O2.C4H10/c15-13(11-7-3-1-4-8-11)14(16)12-9-5-2-6-10-12;1-3-4-2/h1-10H;3-4H2,1-2H3. The topological polar surface area (TPSA) is 34.1 Å². The second-order valence-corrected chi connectivity index (χ2v) is 4.39. The van der Waals surface area contributed by atoms with Crippen molar-refractivity contribution in [3.8, 4) is 0 Å². The van der Waals surface area contributed by atoms with Crippen LogP contribution in [0.3, 0.4) is 0 Å². The van der Waals surface area contributed by atoms with Gasteiger partial charge in [-0.3, -0.25) is 9.59 Å². The largest absolute Gasteiger partial charge is 0.285 e. The first-order valence-electron chi connectivity index (χ1n) is 6.89. The Morgan fingerprint density at radius 2 is 0.950 bits per heavy atom. The molecule has 0 aliphatic heterocycles. The molecule has 0 radical (unpaired) electrons. The molecule has 2 aromatic carbocycles. The highest BCUT2D eigenvalue weighted by molar-refractivity contribution is 6.49. The fraction of sp³-hybridized carbons (Fsp3) is 0.222. The summed E-state index contributed by atoms with van der Waals surface area (Å²) >= 11 is 0. The molecular formula is C18H20O2. The third kappa shape index (κ3) is 4.81. The normalized spacial score (nSPS) is 9.30. The van der Waals surface area contributed by atoms with E-state index in [0.29, 0.717) is 11.1 Å². The van der Waals surface area contributed by atoms with Gasteiger partial charge in [0.2, 0.25) is 11.6 Å². The summed E-state index contributed by atoms with van der Waals surface area (Å²) in [5, 5.41) is 0. The Balaban J connectivity index is 0.000000444. The van der Waals surface area contributed by atoms with Gasteiger partial charge in [-0.05, 0) is 0 Å². The molecule has 0 aliphatic carbocycles. The van der Waals surface area contributed by atoms with Gasteiger partial charge in [0, 0.05) is 11.1 Å². The van der Waals surface area contributed by atoms with E-state index < -0.39 is 11.6 Å². The maximum Gasteiger partial charge on any atom is 0.233 e. The molecule has 104 valence electrons. The molecule has 0 saturated carbocycles. The molecule has 0 fully saturated rings. The second kappa shape index (κ2) is 8.81. The van der Waals surface area contributed by atoms with Crippen LogP contribution >= 0.6 is 0 Å². The summed E-state index contributed by atoms with van der Waals surface area (Å²) < 4.78 is 0. The van der Waals surface area contributed by atoms with Crippen LogP contribution in [0.25, 0.3) is 0 Å². The zero-order valence-corrected chi connectivity index (χ0v) is 12.0. The highest BCUT2D eigenvalue weighted by Crippen LogP contribution is 2.07. The van der Waals surface area contributed by atoms with E-state index >= 15 is 0 Å². The molecular weight excluding hydrogens is 248 g/mol. The van der Waals surface area contributed by atoms with Crippen molar-refractivity contribution in [2.24, 2.45) is 0 Å². The van der Waals surface area contributed by atoms with Crippen molar-refractivity contribution in [2.45, 2.75) is 26.7 Å². The number of hydrogen-bond donors (Lipinski definition) is 0. The van der Waals surface area contributed by atoms with E-state index in [-0.39, 0.29) is 0 Å². The lowest BCUT2D eigenvalue weighted by Gasteiger charge is -1.99. The molecule has 0 aliphatic rings. The molecule has 0 bridgehead atoms. The van der Waals surface area contributed by atoms with Crippen LogP contribution in [0.2, 0.25) is 0 Å². The number of carbonyl (C=O) groups is 2. The Labute approximate surface area is 120 Å². The van der Waals surface area contributed by atoms with Crippen LogP contribution in [0.15, 0.2) is 60.7 Å². The molecule has 2 heteroatoms. The molecule has 2 nitrogen and oxygen atoms in total. The van der Waals surface area contributed by atoms with E-state index in [2.05, 4.69) is 13.8 Å². The predicted molar refractivity (Wildman–Crippen MR) is 82.1 cm³/mol. The molecule has 2 aromatic rings. The fourth-order valence-corrected chi connectivity index (χ4v) is 1.44. The lowest BCUT2D eigenvalue weighted by molar-refractivity contribution is 0.0817. The van der Waals surface area contributed by atoms with Gasteiger partial charge in [0.05, 0.1) is 0 Å². The third-order valence-corrected chi connectivity index (χ3v) is 2.78. The Bertz CT molecular complexity index is 478. The van der Waals surface area contributed by atoms with E-state index in [4.69, 9.17) is 0 Å². The van der Waals surface area contributed by atoms with Crippen molar-refractivity contribution in [3.05, 3.63) is 71.8 Å². The molecule has 0 aromatic heterocycles. The van der Waals surface area contributed by atoms with Crippen LogP contribution < -0.4 is 0 Å². The maximum atomic E-state index is 11.8. The van der Waals surface area contributed by atoms with Crippen molar-refractivity contribution in [1.82, 2.24) is 0 Å². The van der Waals surface area contributed by atoms with Gasteiger partial charge >= 0.3 is 0 Å². The quantitative estimate of drug-likeness (QED) is 0.601. The zero-order valence-electron chi connectivity index (χ0n) is 12.0. The molecule has 0 N–H and O–H groups in total. The summed E-state index contributed by atoms with van der Waals surface area (Å²) in [5.41, 5.74) is 0.854. The number of Topliss-reactive ketones (excluding diaryl/α,β-unsaturated/α-hetero) is 2. The number of carbonyl (C=O) groups excluding carboxylic acids is 2. The molecule has 0 heterocycles. The number of rotatable bonds is 4. The lowest BCUT2D eigenvalue weighted by Crippen LogP contribution is -2.14. The Hall–Kier alpha value is -2.22. The van der Waals surface area contributed by atoms with Crippen LogP contribution in [0.5, 0.6) is 0 Å². The Kier molecular flexibility index (Phi) is 6.97. The van der Waals surface area contributed by atoms with Gasteiger partial charge in [-0.15, -0.1) is 0 Å². The van der Waals surface area contributed by atoms with Crippen molar-refractivity contribution in [2.75, 3.05) is 0 Å². The fourth-order valence-electron chi connectivity index (χ4n) is 1.44. The van der Waals surface area contributed by atoms with E-state index in [9.17, 15) is 9.59 Å². The van der Waals surface area contributed by atoms with Crippen LogP contribution in [0, 0.1) is 0 Å². The number of hydrogen-bond acceptors (Lipinski definition) is 2. The molecule has 0 unspecified atom stereocenters. The summed E-state index contributed by atoms with van der Waals surface area (Å²) in [4.78, 5) is 23.6. The first-order valence-corrected chi connectivity index (χ1v) is 6.89. The first-order chi connectivity index (χ1) is 9.70. The van der Waals surface area contributed by atoms with Gasteiger partial charge in [-0.1, -0.05) is 87.4 Å². The number of benzene rings is 2. The molecule has 0 spiro atoms. The van der Waals surface area contributed by atoms with Gasteiger partial charge in [0.1, 0.15) is 0 Å². The van der Waals surface area contributed by atoms with E-state index in [1.807, 2.05) is 12.1 Å². The Morgan fingerprint density at radius 1 is 0.650 bits per heavy atom. The maximum absolute atomic E-state index is 11.8. The summed E-state index contributed by atoms with van der Waals surface area (Å²) in [5.74, 6) is -0.932. The number of ketones is 2. The lowest BCUT2D eigenvalue weighted by atomic mass is 10.0. The van der Waals surface area contributed by atoms with Crippen molar-refractivity contribution in [3.63, 3.8) is 0 Å². The predicted octanol–water partition coefficient (Wildman–Crippen LogP) is 4.56. The smallest absolute Gasteiger partial charge is 0.233 e. The monoisotopic (exact) mass is 268 g/mol. The second-order valence-electron chi connectivity index (χ2n) is 4.39. The minimum Gasteiger partial charge on any atom is -0.285 e. The van der Waals surface area contributed by atoms with Gasteiger partial charge in [0.15, 0.2) is 0 Å². The zero-order chi connectivity index (χ0) is 14.8. The van der Waals surface area contributed by atoms with Crippen LogP contribution in [0.4, 0.5) is 0 Å². The average molecular weight is 268 g/mol. The highest BCUT2D eigenvalue weighted by Gasteiger charge is 2.16. The first kappa shape index (κ1) is 15.8. The third-order valence-electron chi connectivity index (χ3n) is 2.78. The molecule has 20 heavy (non-hydrogen) atoms. The summed E-state index contributed by atoms with van der Waals surface area (Å²) in [6, 6.07) is 17.2.